The van der Waals surface area contributed by atoms with Crippen LogP contribution >= 0.6 is 21.6 Å². The number of aliphatic hydroxyl groups is 1. The number of aromatic amines is 2. The summed E-state index contributed by atoms with van der Waals surface area (Å²) in [6, 6.07) is 4.04. The van der Waals surface area contributed by atoms with Crippen LogP contribution in [0.15, 0.2) is 78.3 Å². The van der Waals surface area contributed by atoms with Crippen molar-refractivity contribution in [3.63, 3.8) is 0 Å². The second-order valence-electron chi connectivity index (χ2n) is 19.9. The van der Waals surface area contributed by atoms with E-state index in [1.165, 1.54) is 40.2 Å². The van der Waals surface area contributed by atoms with Crippen LogP contribution in [0.3, 0.4) is 0 Å². The van der Waals surface area contributed by atoms with Crippen molar-refractivity contribution in [2.75, 3.05) is 24.7 Å². The summed E-state index contributed by atoms with van der Waals surface area (Å²) in [4.78, 5) is 156. The number of rotatable bonds is 17. The summed E-state index contributed by atoms with van der Waals surface area (Å²) < 4.78 is 0. The number of aromatic nitrogens is 3. The number of fused-ring (bicyclic) bond motifs is 1. The third kappa shape index (κ3) is 17.0. The molecule has 0 spiro atoms. The first-order valence-electron chi connectivity index (χ1n) is 25.9. The molecule has 2 saturated heterocycles. The van der Waals surface area contributed by atoms with Gasteiger partial charge in [0.25, 0.3) is 5.91 Å². The first kappa shape index (κ1) is 61.2. The third-order valence-corrected chi connectivity index (χ3v) is 15.6. The van der Waals surface area contributed by atoms with Crippen molar-refractivity contribution in [2.45, 2.75) is 127 Å². The molecule has 28 heteroatoms. The van der Waals surface area contributed by atoms with Crippen LogP contribution in [0.25, 0.3) is 10.9 Å². The van der Waals surface area contributed by atoms with Gasteiger partial charge in [0.1, 0.15) is 47.8 Å². The van der Waals surface area contributed by atoms with Gasteiger partial charge in [0.2, 0.25) is 41.4 Å². The van der Waals surface area contributed by atoms with Crippen molar-refractivity contribution in [1.82, 2.24) is 62.4 Å². The van der Waals surface area contributed by atoms with Gasteiger partial charge >= 0.3 is 6.03 Å². The molecule has 4 heterocycles. The maximum absolute atomic E-state index is 14.7. The van der Waals surface area contributed by atoms with E-state index in [2.05, 4.69) is 62.5 Å². The standard InChI is InChI=1S/C52H69N15O11S2/c1-28-42(70)61-38(22-32-24-55-27-58-32)46(74)62-36(20-30-12-6-5-7-13-30)44(72)60-35(16-10-18-56-50(53)54)43(71)63-37(21-31-23-57-34-15-9-8-14-33(31)34)45(73)64-39(29(2)69)25-79-80-26-40(47(75)59-28)65-48(76)41(17-11-19-68)67-49(77)52(3,4)66-51(67)78/h5-9,12-15,23-24,27-28,35-41,57,68H,10-11,16-22,25-26H2,1-4H3,(H,55,58)(H,59,75)(H,60,72)(H,61,70)(H,62,74)(H,63,71)(H,64,73)(H,65,76)(H,66,78)(H4,53,54,56)/t28-,35+,36-,37+,38+,39+,40+,41+/m1/s1. The number of aliphatic hydroxyl groups excluding tert-OH is 1. The maximum atomic E-state index is 14.7. The number of imide groups is 1. The zero-order valence-corrected chi connectivity index (χ0v) is 46.3. The van der Waals surface area contributed by atoms with Crippen molar-refractivity contribution < 1.29 is 53.1 Å². The van der Waals surface area contributed by atoms with E-state index in [-0.39, 0.29) is 69.0 Å². The van der Waals surface area contributed by atoms with Gasteiger partial charge < -0.3 is 69.1 Å². The summed E-state index contributed by atoms with van der Waals surface area (Å²) in [5.74, 6) is -7.65. The van der Waals surface area contributed by atoms with E-state index >= 15 is 0 Å². The average Bonchev–Trinajstić information content (AvgIpc) is 4.15. The fraction of sp³-hybridized carbons (Fsp3) is 0.462. The minimum absolute atomic E-state index is 0.00896. The number of carbonyl (C=O) groups is 10. The van der Waals surface area contributed by atoms with Gasteiger partial charge in [-0.15, -0.1) is 0 Å². The second-order valence-corrected chi connectivity index (χ2v) is 22.4. The van der Waals surface area contributed by atoms with Gasteiger partial charge in [-0.3, -0.25) is 48.1 Å². The highest BCUT2D eigenvalue weighted by molar-refractivity contribution is 8.76. The number of nitrogens with two attached hydrogens (primary N) is 2. The molecule has 6 rings (SSSR count). The molecule has 15 N–H and O–H groups in total. The number of aliphatic imine (C=N–C) groups is 1. The Labute approximate surface area is 468 Å². The van der Waals surface area contributed by atoms with Gasteiger partial charge in [-0.05, 0) is 70.6 Å². The van der Waals surface area contributed by atoms with Gasteiger partial charge in [-0.2, -0.15) is 0 Å². The molecule has 2 fully saturated rings. The van der Waals surface area contributed by atoms with Crippen LogP contribution < -0.4 is 54.0 Å². The zero-order chi connectivity index (χ0) is 58.1. The number of carbonyl (C=O) groups excluding carboxylic acids is 10. The van der Waals surface area contributed by atoms with Gasteiger partial charge in [-0.1, -0.05) is 70.1 Å². The number of para-hydroxylation sites is 1. The highest BCUT2D eigenvalue weighted by Gasteiger charge is 2.49. The second kappa shape index (κ2) is 28.8. The van der Waals surface area contributed by atoms with Crippen LogP contribution in [0.2, 0.25) is 0 Å². The number of ketones is 1. The molecule has 2 aromatic heterocycles. The lowest BCUT2D eigenvalue weighted by molar-refractivity contribution is -0.139. The molecule has 2 aliphatic rings. The van der Waals surface area contributed by atoms with E-state index in [1.54, 1.807) is 36.5 Å². The van der Waals surface area contributed by atoms with Gasteiger partial charge in [0.15, 0.2) is 11.7 Å². The third-order valence-electron chi connectivity index (χ3n) is 13.2. The summed E-state index contributed by atoms with van der Waals surface area (Å²) in [6.45, 7) is 5.16. The Balaban J connectivity index is 1.38. The molecule has 0 unspecified atom stereocenters. The van der Waals surface area contributed by atoms with E-state index in [0.717, 1.165) is 37.4 Å². The molecule has 2 aliphatic heterocycles. The predicted molar refractivity (Wildman–Crippen MR) is 299 cm³/mol. The minimum atomic E-state index is -1.49. The Morgan fingerprint density at radius 2 is 1.40 bits per heavy atom. The summed E-state index contributed by atoms with van der Waals surface area (Å²) in [6.07, 6.45) is 4.03. The summed E-state index contributed by atoms with van der Waals surface area (Å²) >= 11 is 0. The highest BCUT2D eigenvalue weighted by Crippen LogP contribution is 2.26. The first-order valence-corrected chi connectivity index (χ1v) is 28.4. The number of H-pyrrole nitrogens is 2. The Morgan fingerprint density at radius 3 is 2.05 bits per heavy atom. The minimum Gasteiger partial charge on any atom is -0.396 e. The van der Waals surface area contributed by atoms with Crippen molar-refractivity contribution in [3.05, 3.63) is 90.1 Å². The number of nitrogens with one attached hydrogen (secondary N) is 10. The number of nitrogens with zero attached hydrogens (tertiary/aromatic N) is 3. The smallest absolute Gasteiger partial charge is 0.325 e. The number of hydrogen-bond acceptors (Lipinski definition) is 15. The van der Waals surface area contributed by atoms with Gasteiger partial charge in [0, 0.05) is 72.9 Å². The van der Waals surface area contributed by atoms with E-state index in [0.29, 0.717) is 16.8 Å². The van der Waals surface area contributed by atoms with Gasteiger partial charge in [0.05, 0.1) is 12.4 Å². The SMILES string of the molecule is CC(=O)[C@@H]1CSSC[C@H](NC(=O)[C@H](CCCO)N2C(=O)NC(C)(C)C2=O)C(=O)N[C@H](C)C(=O)N[C@@H](Cc2cnc[nH]2)C(=O)N[C@H](Cc2ccccc2)C(=O)N[C@@H](CCCN=C(N)N)C(=O)N[C@@H](Cc2c[nH]c3ccccc23)C(=O)N1. The lowest BCUT2D eigenvalue weighted by Crippen LogP contribution is -2.61. The van der Waals surface area contributed by atoms with Crippen LogP contribution in [0.5, 0.6) is 0 Å². The molecule has 0 radical (unpaired) electrons. The Hall–Kier alpha value is -7.98. The van der Waals surface area contributed by atoms with Crippen molar-refractivity contribution >= 4 is 97.5 Å². The molecule has 2 aromatic carbocycles. The fourth-order valence-corrected chi connectivity index (χ4v) is 11.2. The molecule has 80 heavy (non-hydrogen) atoms. The van der Waals surface area contributed by atoms with Crippen molar-refractivity contribution in [2.24, 2.45) is 16.5 Å². The Bertz CT molecular complexity index is 2900. The Morgan fingerprint density at radius 1 is 0.775 bits per heavy atom. The lowest BCUT2D eigenvalue weighted by atomic mass is 10.0. The molecular weight excluding hydrogens is 1070 g/mol. The van der Waals surface area contributed by atoms with E-state index in [1.807, 2.05) is 24.3 Å². The number of hydrogen-bond donors (Lipinski definition) is 13. The van der Waals surface area contributed by atoms with Crippen LogP contribution in [0, 0.1) is 0 Å². The van der Waals surface area contributed by atoms with Crippen LogP contribution in [-0.4, -0.2) is 169 Å². The normalized spacial score (nSPS) is 23.3. The number of guanidine groups is 1. The number of benzene rings is 2. The number of imidazole rings is 1. The molecule has 0 saturated carbocycles. The molecule has 0 aliphatic carbocycles. The van der Waals surface area contributed by atoms with Crippen molar-refractivity contribution in [1.29, 1.82) is 0 Å². The fourth-order valence-electron chi connectivity index (χ4n) is 8.82. The largest absolute Gasteiger partial charge is 0.396 e. The summed E-state index contributed by atoms with van der Waals surface area (Å²) in [5, 5.41) is 32.0. The number of amides is 10. The topological polar surface area (TPSA) is 399 Å². The molecule has 8 atom stereocenters. The van der Waals surface area contributed by atoms with Crippen LogP contribution in [0.1, 0.15) is 70.2 Å². The number of urea groups is 1. The molecule has 430 valence electrons. The summed E-state index contributed by atoms with van der Waals surface area (Å²) in [7, 11) is 2.05. The van der Waals surface area contributed by atoms with E-state index in [9.17, 15) is 53.1 Å². The first-order chi connectivity index (χ1) is 38.1. The van der Waals surface area contributed by atoms with Crippen LogP contribution in [0.4, 0.5) is 4.79 Å². The predicted octanol–water partition coefficient (Wildman–Crippen LogP) is -1.16. The average molecular weight is 1140 g/mol. The molecule has 4 aromatic rings. The van der Waals surface area contributed by atoms with Gasteiger partial charge in [-0.25, -0.2) is 14.7 Å². The van der Waals surface area contributed by atoms with E-state index < -0.39 is 120 Å². The number of Topliss-reactive ketones (excluding diaryl/α,β-unsaturated/α-hetero) is 1. The monoisotopic (exact) mass is 1140 g/mol. The molecular formula is C52H69N15O11S2. The van der Waals surface area contributed by atoms with Crippen molar-refractivity contribution in [3.8, 4) is 0 Å². The maximum Gasteiger partial charge on any atom is 0.325 e. The molecule has 26 nitrogen and oxygen atoms in total. The summed E-state index contributed by atoms with van der Waals surface area (Å²) in [5.41, 5.74) is 12.2. The lowest BCUT2D eigenvalue weighted by Gasteiger charge is -2.28. The highest BCUT2D eigenvalue weighted by atomic mass is 33.1. The molecule has 10 amide bonds. The molecule has 0 bridgehead atoms. The van der Waals surface area contributed by atoms with E-state index in [4.69, 9.17) is 11.5 Å². The Kier molecular flexibility index (Phi) is 22.0. The zero-order valence-electron chi connectivity index (χ0n) is 44.7. The quantitative estimate of drug-likeness (QED) is 0.0195. The van der Waals surface area contributed by atoms with Crippen LogP contribution in [-0.2, 0) is 62.4 Å².